The third-order valence-corrected chi connectivity index (χ3v) is 9.67. The molecule has 1 aliphatic heterocycles. The molecule has 1 aliphatic carbocycles. The average molecular weight is 492 g/mol. The van der Waals surface area contributed by atoms with Gasteiger partial charge < -0.3 is 0 Å². The number of benzene rings is 2. The van der Waals surface area contributed by atoms with Gasteiger partial charge in [-0.15, -0.1) is 0 Å². The predicted molar refractivity (Wildman–Crippen MR) is 148 cm³/mol. The van der Waals surface area contributed by atoms with E-state index < -0.39 is 10.0 Å². The molecule has 0 unspecified atom stereocenters. The van der Waals surface area contributed by atoms with Crippen LogP contribution in [0.15, 0.2) is 72.2 Å². The minimum atomic E-state index is -3.69. The highest BCUT2D eigenvalue weighted by molar-refractivity contribution is 7.92. The van der Waals surface area contributed by atoms with Crippen molar-refractivity contribution in [1.29, 1.82) is 0 Å². The predicted octanol–water partition coefficient (Wildman–Crippen LogP) is 8.45. The second-order valence-electron chi connectivity index (χ2n) is 10.5. The maximum Gasteiger partial charge on any atom is 0.264 e. The van der Waals surface area contributed by atoms with Gasteiger partial charge in [0.25, 0.3) is 10.0 Å². The Labute approximate surface area is 213 Å². The maximum atomic E-state index is 14.0. The Morgan fingerprint density at radius 2 is 1.43 bits per heavy atom. The van der Waals surface area contributed by atoms with E-state index >= 15 is 0 Å². The van der Waals surface area contributed by atoms with Gasteiger partial charge in [0.15, 0.2) is 0 Å². The van der Waals surface area contributed by atoms with Crippen LogP contribution in [0.4, 0.5) is 5.69 Å². The first-order chi connectivity index (χ1) is 16.9. The third-order valence-electron chi connectivity index (χ3n) is 7.89. The number of fused-ring (bicyclic) bond motifs is 1. The third kappa shape index (κ3) is 5.91. The van der Waals surface area contributed by atoms with Crippen LogP contribution in [-0.4, -0.2) is 15.0 Å². The van der Waals surface area contributed by atoms with Crippen LogP contribution in [0.3, 0.4) is 0 Å². The number of para-hydroxylation sites is 1. The minimum absolute atomic E-state index is 0.289. The fraction of sp³-hybridized carbons (Fsp3) is 0.484. The lowest BCUT2D eigenvalue weighted by molar-refractivity contribution is 0.358. The summed E-state index contributed by atoms with van der Waals surface area (Å²) in [5.74, 6) is 0. The summed E-state index contributed by atoms with van der Waals surface area (Å²) in [6, 6.07) is 15.1. The van der Waals surface area contributed by atoms with E-state index in [-0.39, 0.29) is 5.41 Å². The Bertz CT molecular complexity index is 1130. The molecule has 0 radical (unpaired) electrons. The van der Waals surface area contributed by atoms with Gasteiger partial charge in [-0.1, -0.05) is 106 Å². The molecule has 188 valence electrons. The van der Waals surface area contributed by atoms with Gasteiger partial charge in [-0.25, -0.2) is 8.42 Å². The molecule has 0 bridgehead atoms. The van der Waals surface area contributed by atoms with Gasteiger partial charge in [0.1, 0.15) is 0 Å². The molecule has 2 aromatic rings. The Morgan fingerprint density at radius 3 is 2.14 bits per heavy atom. The highest BCUT2D eigenvalue weighted by Crippen LogP contribution is 2.51. The van der Waals surface area contributed by atoms with Crippen molar-refractivity contribution in [3.63, 3.8) is 0 Å². The first kappa shape index (κ1) is 25.8. The largest absolute Gasteiger partial charge is 0.265 e. The fourth-order valence-electron chi connectivity index (χ4n) is 5.65. The highest BCUT2D eigenvalue weighted by atomic mass is 32.2. The molecular formula is C31H41NO2S. The van der Waals surface area contributed by atoms with Crippen LogP contribution in [0.1, 0.15) is 88.2 Å². The van der Waals surface area contributed by atoms with E-state index in [1.165, 1.54) is 51.4 Å². The lowest BCUT2D eigenvalue weighted by Gasteiger charge is -2.45. The summed E-state index contributed by atoms with van der Waals surface area (Å²) < 4.78 is 29.6. The molecule has 1 heterocycles. The standard InChI is InChI=1S/C31H41NO2S/c1-26-19-21-28(22-20-26)35(33,34)32-25-31(27(2)29-17-13-14-18-30(29)32)23-15-11-9-7-5-3-4-6-8-10-12-16-24-31/h11,13-15,17-22H,2-10,12,16,23-25H2,1H3/b15-11+/t31-/m1/s1. The number of hydrogen-bond acceptors (Lipinski definition) is 2. The zero-order chi connectivity index (χ0) is 24.7. The van der Waals surface area contributed by atoms with Gasteiger partial charge in [-0.3, -0.25) is 4.31 Å². The summed E-state index contributed by atoms with van der Waals surface area (Å²) in [4.78, 5) is 0.355. The Kier molecular flexibility index (Phi) is 8.54. The normalized spacial score (nSPS) is 23.8. The smallest absolute Gasteiger partial charge is 0.264 e. The van der Waals surface area contributed by atoms with Gasteiger partial charge in [-0.05, 0) is 56.4 Å². The summed E-state index contributed by atoms with van der Waals surface area (Å²) in [5, 5.41) is 0. The number of allylic oxidation sites excluding steroid dienone is 2. The fourth-order valence-corrected chi connectivity index (χ4v) is 7.22. The van der Waals surface area contributed by atoms with Crippen LogP contribution in [0.5, 0.6) is 0 Å². The topological polar surface area (TPSA) is 37.4 Å². The average Bonchev–Trinajstić information content (AvgIpc) is 2.87. The van der Waals surface area contributed by atoms with Crippen molar-refractivity contribution in [2.24, 2.45) is 5.41 Å². The maximum absolute atomic E-state index is 14.0. The van der Waals surface area contributed by atoms with Crippen LogP contribution < -0.4 is 4.31 Å². The van der Waals surface area contributed by atoms with E-state index in [1.807, 2.05) is 37.3 Å². The van der Waals surface area contributed by atoms with Crippen molar-refractivity contribution in [1.82, 2.24) is 0 Å². The number of rotatable bonds is 2. The van der Waals surface area contributed by atoms with E-state index in [2.05, 4.69) is 24.8 Å². The molecular weight excluding hydrogens is 450 g/mol. The van der Waals surface area contributed by atoms with Gasteiger partial charge in [0.05, 0.1) is 10.6 Å². The van der Waals surface area contributed by atoms with Crippen LogP contribution >= 0.6 is 0 Å². The lowest BCUT2D eigenvalue weighted by atomic mass is 9.69. The van der Waals surface area contributed by atoms with Crippen LogP contribution in [0.2, 0.25) is 0 Å². The van der Waals surface area contributed by atoms with Gasteiger partial charge in [0.2, 0.25) is 0 Å². The summed E-state index contributed by atoms with van der Waals surface area (Å²) in [5.41, 5.74) is 3.59. The molecule has 0 fully saturated rings. The zero-order valence-electron chi connectivity index (χ0n) is 21.3. The van der Waals surface area contributed by atoms with Crippen LogP contribution in [-0.2, 0) is 10.0 Å². The second kappa shape index (κ2) is 11.6. The minimum Gasteiger partial charge on any atom is -0.265 e. The molecule has 2 aliphatic rings. The van der Waals surface area contributed by atoms with Crippen molar-refractivity contribution >= 4 is 21.3 Å². The molecule has 1 spiro atoms. The van der Waals surface area contributed by atoms with E-state index in [9.17, 15) is 8.42 Å². The Hall–Kier alpha value is -2.33. The molecule has 0 N–H and O–H groups in total. The second-order valence-corrected chi connectivity index (χ2v) is 12.4. The van der Waals surface area contributed by atoms with Crippen molar-refractivity contribution in [3.05, 3.63) is 78.4 Å². The number of anilines is 1. The van der Waals surface area contributed by atoms with Crippen molar-refractivity contribution < 1.29 is 8.42 Å². The van der Waals surface area contributed by atoms with Gasteiger partial charge in [-0.2, -0.15) is 0 Å². The molecule has 0 saturated carbocycles. The molecule has 35 heavy (non-hydrogen) atoms. The number of nitrogens with zero attached hydrogens (tertiary/aromatic N) is 1. The number of hydrogen-bond donors (Lipinski definition) is 0. The van der Waals surface area contributed by atoms with Gasteiger partial charge in [0, 0.05) is 17.5 Å². The Morgan fingerprint density at radius 1 is 0.800 bits per heavy atom. The van der Waals surface area contributed by atoms with Crippen LogP contribution in [0, 0.1) is 12.3 Å². The molecule has 0 amide bonds. The highest BCUT2D eigenvalue weighted by Gasteiger charge is 2.43. The summed E-state index contributed by atoms with van der Waals surface area (Å²) >= 11 is 0. The first-order valence-corrected chi connectivity index (χ1v) is 14.9. The van der Waals surface area contributed by atoms with Gasteiger partial charge >= 0.3 is 0 Å². The summed E-state index contributed by atoms with van der Waals surface area (Å²) in [7, 11) is -3.69. The summed E-state index contributed by atoms with van der Waals surface area (Å²) in [6.07, 6.45) is 19.0. The first-order valence-electron chi connectivity index (χ1n) is 13.5. The van der Waals surface area contributed by atoms with E-state index in [0.29, 0.717) is 11.4 Å². The zero-order valence-corrected chi connectivity index (χ0v) is 22.2. The Balaban J connectivity index is 1.71. The monoisotopic (exact) mass is 491 g/mol. The van der Waals surface area contributed by atoms with Crippen LogP contribution in [0.25, 0.3) is 5.57 Å². The molecule has 4 rings (SSSR count). The molecule has 1 atom stereocenters. The molecule has 2 aromatic carbocycles. The van der Waals surface area contributed by atoms with E-state index in [1.54, 1.807) is 16.4 Å². The molecule has 3 nitrogen and oxygen atoms in total. The quantitative estimate of drug-likeness (QED) is 0.395. The molecule has 0 aromatic heterocycles. The number of sulfonamides is 1. The van der Waals surface area contributed by atoms with Crippen molar-refractivity contribution in [3.8, 4) is 0 Å². The van der Waals surface area contributed by atoms with Crippen molar-refractivity contribution in [2.45, 2.75) is 88.9 Å². The van der Waals surface area contributed by atoms with Crippen molar-refractivity contribution in [2.75, 3.05) is 10.8 Å². The van der Waals surface area contributed by atoms with E-state index in [4.69, 9.17) is 0 Å². The molecule has 4 heteroatoms. The molecule has 0 saturated heterocycles. The summed E-state index contributed by atoms with van der Waals surface area (Å²) in [6.45, 7) is 7.02. The SMILES string of the molecule is C=C1c2ccccc2N(S(=O)(=O)c2ccc(C)cc2)C[C@]12C/C=C/CCCCCCCCCCC2. The lowest BCUT2D eigenvalue weighted by Crippen LogP contribution is -2.45. The van der Waals surface area contributed by atoms with E-state index in [0.717, 1.165) is 48.1 Å². The number of aryl methyl sites for hydroxylation is 1.